The molecule has 4 heterocycles. The van der Waals surface area contributed by atoms with Gasteiger partial charge in [-0.3, -0.25) is 24.5 Å². The Kier molecular flexibility index (Phi) is 9.89. The van der Waals surface area contributed by atoms with E-state index in [9.17, 15) is 24.2 Å². The summed E-state index contributed by atoms with van der Waals surface area (Å²) < 4.78 is 11.5. The summed E-state index contributed by atoms with van der Waals surface area (Å²) in [6, 6.07) is 15.7. The molecule has 258 valence electrons. The molecule has 51 heavy (non-hydrogen) atoms. The minimum Gasteiger partial charge on any atom is -0.458 e. The molecule has 3 aromatic rings. The molecule has 3 aromatic carbocycles. The highest BCUT2D eigenvalue weighted by atomic mass is 16.5. The van der Waals surface area contributed by atoms with Crippen LogP contribution in [-0.2, 0) is 38.6 Å². The molecule has 0 spiro atoms. The van der Waals surface area contributed by atoms with Gasteiger partial charge in [-0.2, -0.15) is 0 Å². The van der Waals surface area contributed by atoms with Crippen LogP contribution in [-0.4, -0.2) is 64.7 Å². The van der Waals surface area contributed by atoms with Crippen LogP contribution in [0.3, 0.4) is 0 Å². The molecule has 0 aromatic heterocycles. The molecule has 7 rings (SSSR count). The average Bonchev–Trinajstić information content (AvgIpc) is 3.68. The van der Waals surface area contributed by atoms with Gasteiger partial charge in [0.25, 0.3) is 5.91 Å². The number of ether oxygens (including phenoxy) is 1. The summed E-state index contributed by atoms with van der Waals surface area (Å²) in [5.74, 6) is 7.19. The quantitative estimate of drug-likeness (QED) is 0.121. The first-order valence-electron chi connectivity index (χ1n) is 17.4. The van der Waals surface area contributed by atoms with E-state index in [1.54, 1.807) is 35.2 Å². The maximum absolute atomic E-state index is 13.1. The van der Waals surface area contributed by atoms with Crippen LogP contribution in [0.4, 0.5) is 5.69 Å². The number of rotatable bonds is 8. The maximum atomic E-state index is 13.1. The number of likely N-dealkylation sites (tertiary alicyclic amines) is 1. The van der Waals surface area contributed by atoms with Gasteiger partial charge in [0.1, 0.15) is 17.5 Å². The monoisotopic (exact) mass is 684 g/mol. The van der Waals surface area contributed by atoms with Gasteiger partial charge in [-0.1, -0.05) is 36.1 Å². The SMILES string of the molecule is [C-]#[N+]c1ccc(CCCCC(=O)N2CCC(C#Cc3cccc4c3CN(C3CCC(=O)NC3=O)C4=O)CC2)c(Oc2ccc3c(c2)COB3O)c1. The zero-order valence-corrected chi connectivity index (χ0v) is 28.2. The predicted molar refractivity (Wildman–Crippen MR) is 188 cm³/mol. The van der Waals surface area contributed by atoms with Gasteiger partial charge in [0, 0.05) is 49.5 Å². The number of amides is 4. The third-order valence-corrected chi connectivity index (χ3v) is 10.1. The van der Waals surface area contributed by atoms with Crippen LogP contribution in [0.5, 0.6) is 11.5 Å². The van der Waals surface area contributed by atoms with Crippen LogP contribution in [0.15, 0.2) is 54.6 Å². The summed E-state index contributed by atoms with van der Waals surface area (Å²) in [6.45, 7) is 9.32. The van der Waals surface area contributed by atoms with E-state index >= 15 is 0 Å². The third-order valence-electron chi connectivity index (χ3n) is 10.1. The van der Waals surface area contributed by atoms with Crippen molar-refractivity contribution >= 4 is 41.9 Å². The van der Waals surface area contributed by atoms with Crippen molar-refractivity contribution in [2.24, 2.45) is 5.92 Å². The van der Waals surface area contributed by atoms with Crippen molar-refractivity contribution in [2.45, 2.75) is 70.6 Å². The Labute approximate surface area is 296 Å². The molecular weight excluding hydrogens is 647 g/mol. The first-order chi connectivity index (χ1) is 24.8. The number of unbranched alkanes of at least 4 members (excludes halogenated alkanes) is 1. The number of carbonyl (C=O) groups is 4. The second-order valence-electron chi connectivity index (χ2n) is 13.4. The van der Waals surface area contributed by atoms with Crippen molar-refractivity contribution in [2.75, 3.05) is 13.1 Å². The Morgan fingerprint density at radius 2 is 1.92 bits per heavy atom. The highest BCUT2D eigenvalue weighted by Gasteiger charge is 2.39. The fourth-order valence-corrected chi connectivity index (χ4v) is 7.22. The number of hydrogen-bond donors (Lipinski definition) is 2. The zero-order chi connectivity index (χ0) is 35.5. The standard InChI is InChI=1S/C39H37BN4O7/c1-41-29-12-11-27(35(22-29)51-30-13-14-33-28(21-30)24-50-40(33)49)5-2-3-8-37(46)43-19-17-25(18-20-43)9-10-26-6-4-7-31-32(26)23-44(39(31)48)34-15-16-36(45)42-38(34)47/h4,6-7,11-14,21-22,25,34,49H,2-3,5,8,15-20,23-24H2,(H,42,45,47). The smallest absolute Gasteiger partial charge is 0.458 e. The Hall–Kier alpha value is -5.43. The molecular formula is C39H37BN4O7. The van der Waals surface area contributed by atoms with E-state index < -0.39 is 19.1 Å². The molecule has 4 aliphatic rings. The number of nitrogens with one attached hydrogen (secondary N) is 1. The van der Waals surface area contributed by atoms with Crippen molar-refractivity contribution in [1.82, 2.24) is 15.1 Å². The van der Waals surface area contributed by atoms with E-state index in [1.165, 1.54) is 0 Å². The Balaban J connectivity index is 0.889. The molecule has 0 saturated carbocycles. The number of nitrogens with zero attached hydrogens (tertiary/aromatic N) is 3. The van der Waals surface area contributed by atoms with Gasteiger partial charge in [0.2, 0.25) is 17.7 Å². The first-order valence-corrected chi connectivity index (χ1v) is 17.4. The molecule has 0 radical (unpaired) electrons. The van der Waals surface area contributed by atoms with Crippen LogP contribution in [0.25, 0.3) is 4.85 Å². The van der Waals surface area contributed by atoms with Crippen LogP contribution < -0.4 is 15.5 Å². The van der Waals surface area contributed by atoms with Gasteiger partial charge < -0.3 is 24.2 Å². The third kappa shape index (κ3) is 7.39. The van der Waals surface area contributed by atoms with Crippen molar-refractivity contribution in [1.29, 1.82) is 0 Å². The second kappa shape index (κ2) is 14.8. The van der Waals surface area contributed by atoms with Crippen LogP contribution in [0.2, 0.25) is 0 Å². The van der Waals surface area contributed by atoms with Crippen molar-refractivity contribution in [3.05, 3.63) is 93.8 Å². The van der Waals surface area contributed by atoms with Gasteiger partial charge in [0.05, 0.1) is 13.2 Å². The lowest BCUT2D eigenvalue weighted by atomic mass is 9.80. The number of fused-ring (bicyclic) bond motifs is 2. The largest absolute Gasteiger partial charge is 0.491 e. The Morgan fingerprint density at radius 1 is 1.08 bits per heavy atom. The lowest BCUT2D eigenvalue weighted by Crippen LogP contribution is -2.52. The summed E-state index contributed by atoms with van der Waals surface area (Å²) in [6.07, 6.45) is 4.74. The predicted octanol–water partition coefficient (Wildman–Crippen LogP) is 4.01. The highest BCUT2D eigenvalue weighted by molar-refractivity contribution is 6.61. The van der Waals surface area contributed by atoms with Gasteiger partial charge in [-0.25, -0.2) is 4.85 Å². The summed E-state index contributed by atoms with van der Waals surface area (Å²) in [5.41, 5.74) is 5.18. The average molecular weight is 685 g/mol. The van der Waals surface area contributed by atoms with E-state index in [2.05, 4.69) is 22.0 Å². The number of aryl methyl sites for hydroxylation is 1. The first kappa shape index (κ1) is 34.0. The van der Waals surface area contributed by atoms with Gasteiger partial charge >= 0.3 is 7.12 Å². The van der Waals surface area contributed by atoms with Crippen LogP contribution in [0.1, 0.15) is 77.6 Å². The molecule has 2 saturated heterocycles. The second-order valence-corrected chi connectivity index (χ2v) is 13.4. The summed E-state index contributed by atoms with van der Waals surface area (Å²) >= 11 is 0. The van der Waals surface area contributed by atoms with Gasteiger partial charge in [0.15, 0.2) is 5.69 Å². The topological polar surface area (TPSA) is 130 Å². The highest BCUT2D eigenvalue weighted by Crippen LogP contribution is 2.33. The Morgan fingerprint density at radius 3 is 2.73 bits per heavy atom. The minimum atomic E-state index is -0.921. The fraction of sp³-hybridized carbons (Fsp3) is 0.359. The molecule has 4 aliphatic heterocycles. The summed E-state index contributed by atoms with van der Waals surface area (Å²) in [7, 11) is -0.921. The van der Waals surface area contributed by atoms with E-state index in [-0.39, 0.29) is 36.6 Å². The lowest BCUT2D eigenvalue weighted by Gasteiger charge is -2.30. The van der Waals surface area contributed by atoms with Gasteiger partial charge in [-0.15, -0.1) is 0 Å². The normalized spacial score (nSPS) is 18.5. The maximum Gasteiger partial charge on any atom is 0.491 e. The Bertz CT molecular complexity index is 2010. The minimum absolute atomic E-state index is 0.133. The molecule has 1 atom stereocenters. The van der Waals surface area contributed by atoms with Crippen LogP contribution in [0, 0.1) is 24.3 Å². The number of piperidine rings is 2. The van der Waals surface area contributed by atoms with Crippen molar-refractivity contribution < 1.29 is 33.6 Å². The molecule has 2 fully saturated rings. The number of hydrogen-bond acceptors (Lipinski definition) is 7. The summed E-state index contributed by atoms with van der Waals surface area (Å²) in [5, 5.41) is 12.3. The number of carbonyl (C=O) groups excluding carboxylic acids is 4. The molecule has 12 heteroatoms. The summed E-state index contributed by atoms with van der Waals surface area (Å²) in [4.78, 5) is 57.3. The van der Waals surface area contributed by atoms with E-state index in [0.717, 1.165) is 53.4 Å². The van der Waals surface area contributed by atoms with Crippen molar-refractivity contribution in [3.63, 3.8) is 0 Å². The van der Waals surface area contributed by atoms with Gasteiger partial charge in [-0.05, 0) is 91.0 Å². The molecule has 11 nitrogen and oxygen atoms in total. The molecule has 1 unspecified atom stereocenters. The molecule has 4 amide bonds. The molecule has 2 N–H and O–H groups in total. The van der Waals surface area contributed by atoms with E-state index in [4.69, 9.17) is 16.0 Å². The number of imide groups is 1. The van der Waals surface area contributed by atoms with E-state index in [1.807, 2.05) is 29.2 Å². The van der Waals surface area contributed by atoms with Crippen molar-refractivity contribution in [3.8, 4) is 23.3 Å². The molecule has 0 aliphatic carbocycles. The molecule has 0 bridgehead atoms. The van der Waals surface area contributed by atoms with Crippen LogP contribution >= 0.6 is 0 Å². The fourth-order valence-electron chi connectivity index (χ4n) is 7.22. The zero-order valence-electron chi connectivity index (χ0n) is 28.2. The number of benzene rings is 3. The van der Waals surface area contributed by atoms with E-state index in [0.29, 0.717) is 61.7 Å². The lowest BCUT2D eigenvalue weighted by molar-refractivity contribution is -0.137.